The van der Waals surface area contributed by atoms with E-state index in [9.17, 15) is 9.90 Å². The summed E-state index contributed by atoms with van der Waals surface area (Å²) >= 11 is 3.44. The molecular weight excluding hydrogens is 416 g/mol. The highest BCUT2D eigenvalue weighted by molar-refractivity contribution is 9.09. The number of rotatable bonds is 5. The van der Waals surface area contributed by atoms with Crippen molar-refractivity contribution in [1.82, 2.24) is 0 Å². The van der Waals surface area contributed by atoms with E-state index in [1.807, 2.05) is 6.92 Å². The molecule has 1 N–H and O–H groups in total. The van der Waals surface area contributed by atoms with E-state index in [0.29, 0.717) is 28.9 Å². The van der Waals surface area contributed by atoms with Crippen molar-refractivity contribution in [3.05, 3.63) is 0 Å². The van der Waals surface area contributed by atoms with E-state index in [0.717, 1.165) is 44.8 Å². The lowest BCUT2D eigenvalue weighted by atomic mass is 9.43. The van der Waals surface area contributed by atoms with Gasteiger partial charge in [0.2, 0.25) is 0 Å². The summed E-state index contributed by atoms with van der Waals surface area (Å²) in [6.45, 7) is 8.23. The lowest BCUT2D eigenvalue weighted by Gasteiger charge is -2.62. The highest BCUT2D eigenvalue weighted by atomic mass is 79.9. The van der Waals surface area contributed by atoms with Gasteiger partial charge in [-0.05, 0) is 106 Å². The molecule has 4 saturated carbocycles. The van der Waals surface area contributed by atoms with Crippen LogP contribution in [0.3, 0.4) is 0 Å². The minimum Gasteiger partial charge on any atom is -0.390 e. The van der Waals surface area contributed by atoms with Crippen molar-refractivity contribution in [2.24, 2.45) is 40.4 Å². The van der Waals surface area contributed by atoms with Crippen molar-refractivity contribution >= 4 is 21.7 Å². The largest absolute Gasteiger partial charge is 0.390 e. The van der Waals surface area contributed by atoms with Crippen molar-refractivity contribution in [1.29, 1.82) is 0 Å². The highest BCUT2D eigenvalue weighted by Gasteiger charge is 2.63. The fourth-order valence-corrected chi connectivity index (χ4v) is 8.82. The van der Waals surface area contributed by atoms with Gasteiger partial charge in [0.1, 0.15) is 5.78 Å². The quantitative estimate of drug-likeness (QED) is 0.567. The molecule has 0 aromatic rings. The Morgan fingerprint density at radius 1 is 1.07 bits per heavy atom. The van der Waals surface area contributed by atoms with Gasteiger partial charge in [-0.25, -0.2) is 0 Å². The van der Waals surface area contributed by atoms with Gasteiger partial charge in [0.25, 0.3) is 0 Å². The first kappa shape index (κ1) is 21.3. The average molecular weight is 455 g/mol. The summed E-state index contributed by atoms with van der Waals surface area (Å²) < 4.78 is 6.12. The van der Waals surface area contributed by atoms with E-state index in [-0.39, 0.29) is 16.7 Å². The van der Waals surface area contributed by atoms with Gasteiger partial charge in [-0.3, -0.25) is 4.79 Å². The van der Waals surface area contributed by atoms with E-state index >= 15 is 0 Å². The van der Waals surface area contributed by atoms with Crippen LogP contribution in [0.4, 0.5) is 0 Å². The van der Waals surface area contributed by atoms with Crippen molar-refractivity contribution in [3.8, 4) is 0 Å². The van der Waals surface area contributed by atoms with E-state index < -0.39 is 5.60 Å². The number of fused-ring (bicyclic) bond motifs is 5. The summed E-state index contributed by atoms with van der Waals surface area (Å²) in [5.41, 5.74) is -0.0526. The number of alkyl halides is 1. The van der Waals surface area contributed by atoms with Gasteiger partial charge >= 0.3 is 0 Å². The molecule has 8 atom stereocenters. The summed E-state index contributed by atoms with van der Waals surface area (Å²) in [7, 11) is 0. The number of ketones is 1. The standard InChI is InChI=1S/C24H39BrO3/c1-4-28-15-24-12-11-22(2,27)13-16(24)5-6-17-18-7-8-20(21(26)14-25)23(18,3)10-9-19(17)24/h16-20,27H,4-15H2,1-3H3. The minimum atomic E-state index is -0.503. The van der Waals surface area contributed by atoms with Crippen LogP contribution in [0.15, 0.2) is 0 Å². The second-order valence-corrected chi connectivity index (χ2v) is 11.6. The summed E-state index contributed by atoms with van der Waals surface area (Å²) in [5.74, 6) is 3.42. The van der Waals surface area contributed by atoms with E-state index in [2.05, 4.69) is 29.8 Å². The van der Waals surface area contributed by atoms with E-state index in [1.165, 1.54) is 32.1 Å². The molecule has 4 aliphatic rings. The van der Waals surface area contributed by atoms with Gasteiger partial charge in [0, 0.05) is 12.5 Å². The Morgan fingerprint density at radius 3 is 2.57 bits per heavy atom. The molecule has 0 amide bonds. The predicted octanol–water partition coefficient (Wildman–Crippen LogP) is 5.38. The van der Waals surface area contributed by atoms with Crippen molar-refractivity contribution in [2.45, 2.75) is 84.2 Å². The Balaban J connectivity index is 1.63. The van der Waals surface area contributed by atoms with Crippen LogP contribution in [0.5, 0.6) is 0 Å². The van der Waals surface area contributed by atoms with Gasteiger partial charge in [-0.1, -0.05) is 22.9 Å². The maximum Gasteiger partial charge on any atom is 0.147 e. The Hall–Kier alpha value is 0.0700. The molecule has 4 rings (SSSR count). The lowest BCUT2D eigenvalue weighted by molar-refractivity contribution is -0.178. The SMILES string of the molecule is CCOCC12CCC(C)(O)CC1CCC1C3CCC(C(=O)CBr)C3(C)CCC12. The zero-order valence-corrected chi connectivity index (χ0v) is 19.6. The van der Waals surface area contributed by atoms with Crippen LogP contribution in [0.2, 0.25) is 0 Å². The average Bonchev–Trinajstić information content (AvgIpc) is 3.02. The van der Waals surface area contributed by atoms with E-state index in [4.69, 9.17) is 4.74 Å². The molecule has 4 aliphatic carbocycles. The van der Waals surface area contributed by atoms with Gasteiger partial charge in [0.05, 0.1) is 17.5 Å². The normalized spacial score (nSPS) is 50.5. The fourth-order valence-electron chi connectivity index (χ4n) is 8.43. The zero-order chi connectivity index (χ0) is 20.2. The van der Waals surface area contributed by atoms with Crippen LogP contribution in [0, 0.1) is 40.4 Å². The van der Waals surface area contributed by atoms with Gasteiger partial charge in [-0.15, -0.1) is 0 Å². The maximum absolute atomic E-state index is 12.6. The summed E-state index contributed by atoms with van der Waals surface area (Å²) in [5, 5.41) is 11.3. The molecule has 0 aliphatic heterocycles. The van der Waals surface area contributed by atoms with Crippen LogP contribution < -0.4 is 0 Å². The minimum absolute atomic E-state index is 0.200. The van der Waals surface area contributed by atoms with Gasteiger partial charge < -0.3 is 9.84 Å². The molecule has 4 fully saturated rings. The second-order valence-electron chi connectivity index (χ2n) is 11.0. The number of carbonyl (C=O) groups excluding carboxylic acids is 1. The number of hydrogen-bond acceptors (Lipinski definition) is 3. The molecule has 0 heterocycles. The third-order valence-corrected chi connectivity index (χ3v) is 10.3. The fraction of sp³-hybridized carbons (Fsp3) is 0.958. The molecule has 0 radical (unpaired) electrons. The molecule has 0 aromatic carbocycles. The topological polar surface area (TPSA) is 46.5 Å². The molecule has 28 heavy (non-hydrogen) atoms. The summed E-state index contributed by atoms with van der Waals surface area (Å²) in [4.78, 5) is 12.6. The predicted molar refractivity (Wildman–Crippen MR) is 115 cm³/mol. The smallest absolute Gasteiger partial charge is 0.147 e. The maximum atomic E-state index is 12.6. The first-order chi connectivity index (χ1) is 13.3. The third kappa shape index (κ3) is 3.24. The number of Topliss-reactive ketones (excluding diaryl/α,β-unsaturated/α-hetero) is 1. The van der Waals surface area contributed by atoms with Crippen molar-refractivity contribution in [2.75, 3.05) is 18.5 Å². The van der Waals surface area contributed by atoms with Crippen molar-refractivity contribution < 1.29 is 14.6 Å². The summed E-state index contributed by atoms with van der Waals surface area (Å²) in [6, 6.07) is 0. The van der Waals surface area contributed by atoms with Crippen LogP contribution in [0.25, 0.3) is 0 Å². The number of aliphatic hydroxyl groups is 1. The highest BCUT2D eigenvalue weighted by Crippen LogP contribution is 2.68. The molecule has 0 saturated heterocycles. The molecule has 3 nitrogen and oxygen atoms in total. The van der Waals surface area contributed by atoms with Crippen LogP contribution in [-0.2, 0) is 9.53 Å². The van der Waals surface area contributed by atoms with E-state index in [1.54, 1.807) is 0 Å². The Morgan fingerprint density at radius 2 is 1.86 bits per heavy atom. The van der Waals surface area contributed by atoms with Crippen LogP contribution in [-0.4, -0.2) is 35.0 Å². The summed E-state index contributed by atoms with van der Waals surface area (Å²) in [6.07, 6.45) is 10.2. The molecule has 0 bridgehead atoms. The monoisotopic (exact) mass is 454 g/mol. The second kappa shape index (κ2) is 7.64. The third-order valence-electron chi connectivity index (χ3n) is 9.75. The van der Waals surface area contributed by atoms with Crippen LogP contribution >= 0.6 is 15.9 Å². The molecule has 4 heteroatoms. The van der Waals surface area contributed by atoms with Crippen molar-refractivity contribution in [3.63, 3.8) is 0 Å². The Bertz CT molecular complexity index is 605. The Kier molecular flexibility index (Phi) is 5.81. The Labute approximate surface area is 179 Å². The molecule has 0 aromatic heterocycles. The molecule has 160 valence electrons. The lowest BCUT2D eigenvalue weighted by Crippen LogP contribution is -2.58. The zero-order valence-electron chi connectivity index (χ0n) is 18.0. The molecule has 0 spiro atoms. The van der Waals surface area contributed by atoms with Gasteiger partial charge in [-0.2, -0.15) is 0 Å². The molecule has 8 unspecified atom stereocenters. The first-order valence-electron chi connectivity index (χ1n) is 11.7. The van der Waals surface area contributed by atoms with Crippen LogP contribution in [0.1, 0.15) is 78.6 Å². The van der Waals surface area contributed by atoms with Gasteiger partial charge in [0.15, 0.2) is 0 Å². The molecular formula is C24H39BrO3. The first-order valence-corrected chi connectivity index (χ1v) is 12.8. The number of hydrogen-bond donors (Lipinski definition) is 1. The number of ether oxygens (including phenoxy) is 1. The number of halogens is 1. The number of carbonyl (C=O) groups is 1.